The molecule has 0 heterocycles. The third-order valence-electron chi connectivity index (χ3n) is 8.36. The first kappa shape index (κ1) is 41.5. The maximum absolute atomic E-state index is 12.0. The first-order valence-corrected chi connectivity index (χ1v) is 21.5. The van der Waals surface area contributed by atoms with E-state index in [1.165, 1.54) is 38.5 Å². The molecule has 58 heavy (non-hydrogen) atoms. The second-order valence-corrected chi connectivity index (χ2v) is 17.6. The van der Waals surface area contributed by atoms with Gasteiger partial charge in [0.15, 0.2) is 5.75 Å². The van der Waals surface area contributed by atoms with Crippen LogP contribution in [0.25, 0.3) is 32.7 Å². The fraction of sp³-hybridized carbons (Fsp3) is 0.0588. The van der Waals surface area contributed by atoms with Gasteiger partial charge in [-0.15, -0.1) is 15.3 Å². The van der Waals surface area contributed by atoms with Gasteiger partial charge in [-0.3, -0.25) is 18.2 Å². The van der Waals surface area contributed by atoms with Crippen molar-refractivity contribution in [2.75, 3.05) is 14.2 Å². The Morgan fingerprint density at radius 3 is 1.72 bits per heavy atom. The number of hydrogen-bond acceptors (Lipinski definition) is 16. The van der Waals surface area contributed by atoms with E-state index in [0.717, 1.165) is 48.5 Å². The van der Waals surface area contributed by atoms with Gasteiger partial charge in [0.2, 0.25) is 0 Å². The van der Waals surface area contributed by atoms with Crippen molar-refractivity contribution >= 4 is 84.8 Å². The zero-order chi connectivity index (χ0) is 42.5. The summed E-state index contributed by atoms with van der Waals surface area (Å²) in [5, 5.41) is 37.0. The Bertz CT molecular complexity index is 3230. The van der Waals surface area contributed by atoms with Crippen LogP contribution in [0.15, 0.2) is 125 Å². The van der Waals surface area contributed by atoms with Gasteiger partial charge in [0.1, 0.15) is 38.4 Å². The van der Waals surface area contributed by atoms with Gasteiger partial charge in [-0.25, -0.2) is 0 Å². The number of fused-ring (bicyclic) bond motifs is 2. The van der Waals surface area contributed by atoms with Crippen molar-refractivity contribution in [1.82, 2.24) is 0 Å². The molecule has 0 aliphatic rings. The Morgan fingerprint density at radius 2 is 1.10 bits per heavy atom. The van der Waals surface area contributed by atoms with E-state index in [-0.39, 0.29) is 50.1 Å². The molecule has 6 aromatic carbocycles. The van der Waals surface area contributed by atoms with Crippen LogP contribution in [-0.4, -0.2) is 76.3 Å². The lowest BCUT2D eigenvalue weighted by Crippen LogP contribution is -2.00. The highest BCUT2D eigenvalue weighted by Crippen LogP contribution is 2.44. The lowest BCUT2D eigenvalue weighted by molar-refractivity contribution is 0.414. The summed E-state index contributed by atoms with van der Waals surface area (Å²) in [5.41, 5.74) is 0.501. The molecule has 24 heteroatoms. The second-order valence-electron chi connectivity index (χ2n) is 12.0. The Labute approximate surface area is 328 Å². The normalized spacial score (nSPS) is 12.9. The molecule has 20 nitrogen and oxygen atoms in total. The van der Waals surface area contributed by atoms with E-state index in [0.29, 0.717) is 11.1 Å². The maximum Gasteiger partial charge on any atom is 0.298 e. The summed E-state index contributed by atoms with van der Waals surface area (Å²) in [7, 11) is -16.9. The minimum atomic E-state index is -5.06. The van der Waals surface area contributed by atoms with Crippen molar-refractivity contribution in [3.05, 3.63) is 84.9 Å². The number of phenols is 2. The van der Waals surface area contributed by atoms with E-state index in [4.69, 9.17) is 9.47 Å². The Hall–Kier alpha value is -6.12. The average Bonchev–Trinajstić information content (AvgIpc) is 3.14. The molecule has 0 radical (unpaired) electrons. The number of nitrogens with zero attached hydrogens (tertiary/aromatic N) is 4. The monoisotopic (exact) mass is 874 g/mol. The summed E-state index contributed by atoms with van der Waals surface area (Å²) in [6.45, 7) is 0. The van der Waals surface area contributed by atoms with Crippen molar-refractivity contribution in [3.8, 4) is 34.1 Å². The lowest BCUT2D eigenvalue weighted by atomic mass is 10.0. The summed E-state index contributed by atoms with van der Waals surface area (Å²) >= 11 is 0. The number of benzene rings is 6. The lowest BCUT2D eigenvalue weighted by Gasteiger charge is -2.12. The van der Waals surface area contributed by atoms with Crippen LogP contribution in [0, 0.1) is 0 Å². The predicted octanol–water partition coefficient (Wildman–Crippen LogP) is 6.91. The van der Waals surface area contributed by atoms with Gasteiger partial charge in [0.05, 0.1) is 35.4 Å². The quantitative estimate of drug-likeness (QED) is 0.0569. The van der Waals surface area contributed by atoms with Gasteiger partial charge in [0.25, 0.3) is 40.5 Å². The number of ether oxygens (including phenoxy) is 2. The smallest absolute Gasteiger partial charge is 0.298 e. The van der Waals surface area contributed by atoms with Crippen LogP contribution in [0.3, 0.4) is 0 Å². The molecule has 0 fully saturated rings. The van der Waals surface area contributed by atoms with Crippen LogP contribution >= 0.6 is 0 Å². The molecule has 6 rings (SSSR count). The number of aromatic hydroxyl groups is 2. The van der Waals surface area contributed by atoms with Crippen molar-refractivity contribution in [2.24, 2.45) is 20.5 Å². The third-order valence-corrected chi connectivity index (χ3v) is 11.8. The van der Waals surface area contributed by atoms with E-state index >= 15 is 0 Å². The largest absolute Gasteiger partial charge is 0.506 e. The van der Waals surface area contributed by atoms with Crippen molar-refractivity contribution < 1.29 is 71.6 Å². The fourth-order valence-electron chi connectivity index (χ4n) is 5.68. The summed E-state index contributed by atoms with van der Waals surface area (Å²) < 4.78 is 144. The van der Waals surface area contributed by atoms with Gasteiger partial charge < -0.3 is 19.7 Å². The predicted molar refractivity (Wildman–Crippen MR) is 204 cm³/mol. The van der Waals surface area contributed by atoms with E-state index in [9.17, 15) is 62.1 Å². The molecule has 302 valence electrons. The topological polar surface area (TPSA) is 326 Å². The fourth-order valence-corrected chi connectivity index (χ4v) is 7.95. The van der Waals surface area contributed by atoms with E-state index in [1.807, 2.05) is 0 Å². The first-order valence-electron chi connectivity index (χ1n) is 15.7. The standard InChI is InChI=1S/C34H26N4O16S4/c1-53-29-14-20(35-37-27-15-22(56(44,45)46)10-19-12-31(57(47,48)49)28(39)16-25(19)27)4-6-23(29)17-3-8-26(30(11-17)54-2)36-38-33-24-7-5-21(55(41,42)43)9-18(24)13-32(34(33)40)58(50,51)52/h3-16,39-40H,1-2H3,(H,41,42,43)(H,44,45,46)(H,47,48,49)(H,50,51,52). The van der Waals surface area contributed by atoms with Crippen LogP contribution in [-0.2, 0) is 40.5 Å². The molecule has 0 amide bonds. The number of azo groups is 2. The van der Waals surface area contributed by atoms with Crippen molar-refractivity contribution in [1.29, 1.82) is 0 Å². The zero-order valence-electron chi connectivity index (χ0n) is 29.3. The Morgan fingerprint density at radius 1 is 0.500 bits per heavy atom. The SMILES string of the molecule is COc1cc(-c2ccc(N=Nc3cc(S(=O)(=O)O)cc4cc(S(=O)(=O)O)c(O)cc34)cc2OC)ccc1N=Nc1c(O)c(S(=O)(=O)O)cc2cc(S(=O)(=O)O)ccc12. The molecule has 0 unspecified atom stereocenters. The second kappa shape index (κ2) is 15.0. The molecular weight excluding hydrogens is 849 g/mol. The van der Waals surface area contributed by atoms with Gasteiger partial charge >= 0.3 is 0 Å². The molecule has 0 aliphatic carbocycles. The molecule has 0 spiro atoms. The summed E-state index contributed by atoms with van der Waals surface area (Å²) in [4.78, 5) is -3.21. The minimum absolute atomic E-state index is 0.00219. The van der Waals surface area contributed by atoms with Gasteiger partial charge in [0, 0.05) is 22.4 Å². The maximum atomic E-state index is 12.0. The average molecular weight is 875 g/mol. The van der Waals surface area contributed by atoms with Crippen LogP contribution in [0.2, 0.25) is 0 Å². The third kappa shape index (κ3) is 8.43. The molecular formula is C34H26N4O16S4. The molecule has 6 N–H and O–H groups in total. The highest BCUT2D eigenvalue weighted by atomic mass is 32.2. The van der Waals surface area contributed by atoms with E-state index in [1.54, 1.807) is 12.1 Å². The van der Waals surface area contributed by atoms with E-state index in [2.05, 4.69) is 20.5 Å². The van der Waals surface area contributed by atoms with Crippen LogP contribution in [0.4, 0.5) is 22.7 Å². The highest BCUT2D eigenvalue weighted by molar-refractivity contribution is 7.86. The number of hydrogen-bond donors (Lipinski definition) is 6. The first-order chi connectivity index (χ1) is 27.0. The molecule has 0 saturated heterocycles. The minimum Gasteiger partial charge on any atom is -0.506 e. The molecule has 0 atom stereocenters. The highest BCUT2D eigenvalue weighted by Gasteiger charge is 2.24. The van der Waals surface area contributed by atoms with Crippen LogP contribution in [0.5, 0.6) is 23.0 Å². The number of methoxy groups -OCH3 is 2. The summed E-state index contributed by atoms with van der Waals surface area (Å²) in [5.74, 6) is -1.52. The van der Waals surface area contributed by atoms with Gasteiger partial charge in [-0.05, 0) is 83.1 Å². The molecule has 0 bridgehead atoms. The Balaban J connectivity index is 1.37. The van der Waals surface area contributed by atoms with Crippen molar-refractivity contribution in [2.45, 2.75) is 19.6 Å². The van der Waals surface area contributed by atoms with E-state index < -0.39 is 77.2 Å². The molecule has 0 saturated carbocycles. The molecule has 0 aliphatic heterocycles. The van der Waals surface area contributed by atoms with Crippen LogP contribution in [0.1, 0.15) is 0 Å². The van der Waals surface area contributed by atoms with Gasteiger partial charge in [-0.2, -0.15) is 38.8 Å². The summed E-state index contributed by atoms with van der Waals surface area (Å²) in [6.07, 6.45) is 0. The summed E-state index contributed by atoms with van der Waals surface area (Å²) in [6, 6.07) is 16.4. The number of rotatable bonds is 11. The molecule has 6 aromatic rings. The Kier molecular flexibility index (Phi) is 10.7. The zero-order valence-corrected chi connectivity index (χ0v) is 32.5. The van der Waals surface area contributed by atoms with Crippen LogP contribution < -0.4 is 9.47 Å². The van der Waals surface area contributed by atoms with Gasteiger partial charge in [-0.1, -0.05) is 12.1 Å². The number of phenolic OH excluding ortho intramolecular Hbond substituents is 2. The molecule has 0 aromatic heterocycles. The van der Waals surface area contributed by atoms with Crippen molar-refractivity contribution in [3.63, 3.8) is 0 Å².